The molecule has 1 aromatic carbocycles. The van der Waals surface area contributed by atoms with Crippen molar-refractivity contribution in [1.82, 2.24) is 0 Å². The molecule has 1 fully saturated rings. The first-order valence-electron chi connectivity index (χ1n) is 7.56. The summed E-state index contributed by atoms with van der Waals surface area (Å²) in [7, 11) is -1.66. The highest BCUT2D eigenvalue weighted by Gasteiger charge is 2.01. The lowest BCUT2D eigenvalue weighted by Gasteiger charge is -2.04. The summed E-state index contributed by atoms with van der Waals surface area (Å²) in [6.07, 6.45) is 6.18. The molecule has 1 aliphatic rings. The molecule has 0 radical (unpaired) electrons. The Morgan fingerprint density at radius 3 is 2.18 bits per heavy atom. The zero-order chi connectivity index (χ0) is 16.3. The third-order valence-corrected chi connectivity index (χ3v) is 3.74. The lowest BCUT2D eigenvalue weighted by Crippen LogP contribution is -2.04. The molecule has 5 nitrogen and oxygen atoms in total. The van der Waals surface area contributed by atoms with Gasteiger partial charge in [-0.05, 0) is 49.8 Å². The number of rotatable bonds is 7. The van der Waals surface area contributed by atoms with Crippen molar-refractivity contribution in [3.05, 3.63) is 29.8 Å². The van der Waals surface area contributed by atoms with Crippen LogP contribution in [0.2, 0.25) is 0 Å². The lowest BCUT2D eigenvalue weighted by molar-refractivity contribution is 0.198. The molecule has 0 N–H and O–H groups in total. The number of hydrogen-bond acceptors (Lipinski definition) is 5. The SMILES string of the molecule is C1CCOC1.COc1ccc(CCCCOS(C)(=O)=O)cc1. The fourth-order valence-corrected chi connectivity index (χ4v) is 2.36. The second-order valence-electron chi connectivity index (χ2n) is 5.15. The molecule has 0 amide bonds. The summed E-state index contributed by atoms with van der Waals surface area (Å²) < 4.78 is 36.1. The van der Waals surface area contributed by atoms with E-state index in [1.807, 2.05) is 24.3 Å². The molecule has 0 aliphatic carbocycles. The van der Waals surface area contributed by atoms with Crippen LogP contribution in [0.25, 0.3) is 0 Å². The Morgan fingerprint density at radius 1 is 1.09 bits per heavy atom. The molecule has 0 saturated carbocycles. The number of benzene rings is 1. The van der Waals surface area contributed by atoms with E-state index in [0.29, 0.717) is 0 Å². The molecular formula is C16H26O5S. The third-order valence-electron chi connectivity index (χ3n) is 3.14. The first kappa shape index (κ1) is 18.9. The highest BCUT2D eigenvalue weighted by Crippen LogP contribution is 2.13. The number of hydrogen-bond donors (Lipinski definition) is 0. The topological polar surface area (TPSA) is 61.8 Å². The Bertz CT molecular complexity index is 484. The van der Waals surface area contributed by atoms with Crippen LogP contribution in [0.5, 0.6) is 5.75 Å². The van der Waals surface area contributed by atoms with Gasteiger partial charge in [0.05, 0.1) is 20.0 Å². The van der Waals surface area contributed by atoms with Crippen molar-refractivity contribution in [1.29, 1.82) is 0 Å². The molecule has 6 heteroatoms. The molecule has 1 aliphatic heterocycles. The first-order chi connectivity index (χ1) is 10.5. The van der Waals surface area contributed by atoms with E-state index >= 15 is 0 Å². The minimum absolute atomic E-state index is 0.259. The number of methoxy groups -OCH3 is 1. The molecule has 0 aromatic heterocycles. The third kappa shape index (κ3) is 9.76. The molecule has 1 saturated heterocycles. The predicted molar refractivity (Wildman–Crippen MR) is 86.8 cm³/mol. The van der Waals surface area contributed by atoms with E-state index in [-0.39, 0.29) is 6.61 Å². The Morgan fingerprint density at radius 2 is 1.73 bits per heavy atom. The van der Waals surface area contributed by atoms with Crippen LogP contribution in [0.4, 0.5) is 0 Å². The second-order valence-corrected chi connectivity index (χ2v) is 6.79. The van der Waals surface area contributed by atoms with Crippen LogP contribution < -0.4 is 4.74 Å². The van der Waals surface area contributed by atoms with Gasteiger partial charge in [-0.25, -0.2) is 0 Å². The van der Waals surface area contributed by atoms with Gasteiger partial charge in [-0.3, -0.25) is 4.18 Å². The van der Waals surface area contributed by atoms with E-state index in [0.717, 1.165) is 44.5 Å². The van der Waals surface area contributed by atoms with E-state index in [4.69, 9.17) is 9.47 Å². The quantitative estimate of drug-likeness (QED) is 0.568. The second kappa shape index (κ2) is 10.6. The Kier molecular flexibility index (Phi) is 9.11. The van der Waals surface area contributed by atoms with E-state index in [9.17, 15) is 8.42 Å². The van der Waals surface area contributed by atoms with Crippen LogP contribution in [0.1, 0.15) is 31.2 Å². The maximum Gasteiger partial charge on any atom is 0.264 e. The summed E-state index contributed by atoms with van der Waals surface area (Å²) >= 11 is 0. The largest absolute Gasteiger partial charge is 0.497 e. The van der Waals surface area contributed by atoms with Crippen molar-refractivity contribution in [2.45, 2.75) is 32.1 Å². The first-order valence-corrected chi connectivity index (χ1v) is 9.38. The van der Waals surface area contributed by atoms with Gasteiger partial charge in [-0.2, -0.15) is 8.42 Å². The fraction of sp³-hybridized carbons (Fsp3) is 0.625. The van der Waals surface area contributed by atoms with Crippen LogP contribution in [0.3, 0.4) is 0 Å². The molecule has 0 bridgehead atoms. The van der Waals surface area contributed by atoms with Gasteiger partial charge in [-0.15, -0.1) is 0 Å². The maximum atomic E-state index is 10.7. The number of aryl methyl sites for hydroxylation is 1. The average Bonchev–Trinajstić information content (AvgIpc) is 3.06. The van der Waals surface area contributed by atoms with Gasteiger partial charge < -0.3 is 9.47 Å². The summed E-state index contributed by atoms with van der Waals surface area (Å²) in [5.41, 5.74) is 1.21. The average molecular weight is 330 g/mol. The van der Waals surface area contributed by atoms with Crippen molar-refractivity contribution in [3.63, 3.8) is 0 Å². The van der Waals surface area contributed by atoms with Crippen molar-refractivity contribution < 1.29 is 22.1 Å². The Hall–Kier alpha value is -1.11. The summed E-state index contributed by atoms with van der Waals surface area (Å²) in [4.78, 5) is 0. The van der Waals surface area contributed by atoms with Gasteiger partial charge >= 0.3 is 0 Å². The van der Waals surface area contributed by atoms with Crippen molar-refractivity contribution in [2.75, 3.05) is 33.2 Å². The minimum atomic E-state index is -3.29. The standard InChI is InChI=1S/C12H18O4S.C4H8O/c1-15-12-8-6-11(7-9-12)5-3-4-10-16-17(2,13)14;1-2-4-5-3-1/h6-9H,3-5,10H2,1-2H3;1-4H2. The summed E-state index contributed by atoms with van der Waals surface area (Å²) in [5, 5.41) is 0. The summed E-state index contributed by atoms with van der Waals surface area (Å²) in [6.45, 7) is 2.26. The van der Waals surface area contributed by atoms with Gasteiger partial charge in [-0.1, -0.05) is 12.1 Å². The Balaban J connectivity index is 0.000000406. The van der Waals surface area contributed by atoms with Gasteiger partial charge in [0.1, 0.15) is 5.75 Å². The fourth-order valence-electron chi connectivity index (χ4n) is 1.94. The maximum absolute atomic E-state index is 10.7. The van der Waals surface area contributed by atoms with Crippen molar-refractivity contribution >= 4 is 10.1 Å². The van der Waals surface area contributed by atoms with Gasteiger partial charge in [0.15, 0.2) is 0 Å². The van der Waals surface area contributed by atoms with Crippen LogP contribution in [0.15, 0.2) is 24.3 Å². The highest BCUT2D eigenvalue weighted by atomic mass is 32.2. The molecule has 0 atom stereocenters. The van der Waals surface area contributed by atoms with E-state index in [2.05, 4.69) is 4.18 Å². The van der Waals surface area contributed by atoms with Crippen LogP contribution in [-0.4, -0.2) is 41.6 Å². The summed E-state index contributed by atoms with van der Waals surface area (Å²) in [5.74, 6) is 0.842. The van der Waals surface area contributed by atoms with Crippen LogP contribution in [0, 0.1) is 0 Å². The Labute approximate surface area is 133 Å². The van der Waals surface area contributed by atoms with E-state index in [1.165, 1.54) is 18.4 Å². The van der Waals surface area contributed by atoms with Gasteiger partial charge in [0.2, 0.25) is 0 Å². The van der Waals surface area contributed by atoms with Crippen LogP contribution in [-0.2, 0) is 25.5 Å². The monoisotopic (exact) mass is 330 g/mol. The predicted octanol–water partition coefficient (Wildman–Crippen LogP) is 2.79. The zero-order valence-electron chi connectivity index (χ0n) is 13.4. The summed E-state index contributed by atoms with van der Waals surface area (Å²) in [6, 6.07) is 7.86. The van der Waals surface area contributed by atoms with Gasteiger partial charge in [0, 0.05) is 13.2 Å². The van der Waals surface area contributed by atoms with Crippen molar-refractivity contribution in [3.8, 4) is 5.75 Å². The normalized spacial score (nSPS) is 14.3. The molecule has 1 aromatic rings. The highest BCUT2D eigenvalue weighted by molar-refractivity contribution is 7.85. The molecule has 1 heterocycles. The van der Waals surface area contributed by atoms with Crippen LogP contribution >= 0.6 is 0 Å². The zero-order valence-corrected chi connectivity index (χ0v) is 14.2. The smallest absolute Gasteiger partial charge is 0.264 e. The molecule has 0 spiro atoms. The van der Waals surface area contributed by atoms with E-state index in [1.54, 1.807) is 7.11 Å². The molecule has 2 rings (SSSR count). The van der Waals surface area contributed by atoms with Crippen molar-refractivity contribution in [2.24, 2.45) is 0 Å². The minimum Gasteiger partial charge on any atom is -0.497 e. The lowest BCUT2D eigenvalue weighted by atomic mass is 10.1. The number of unbranched alkanes of at least 4 members (excludes halogenated alkanes) is 1. The number of ether oxygens (including phenoxy) is 2. The molecule has 22 heavy (non-hydrogen) atoms. The van der Waals surface area contributed by atoms with E-state index < -0.39 is 10.1 Å². The van der Waals surface area contributed by atoms with Gasteiger partial charge in [0.25, 0.3) is 10.1 Å². The molecular weight excluding hydrogens is 304 g/mol. The molecule has 126 valence electrons. The molecule has 0 unspecified atom stereocenters.